The Morgan fingerprint density at radius 3 is 2.70 bits per heavy atom. The lowest BCUT2D eigenvalue weighted by Gasteiger charge is -2.38. The highest BCUT2D eigenvalue weighted by molar-refractivity contribution is 7.88. The monoisotopic (exact) mass is 426 g/mol. The van der Waals surface area contributed by atoms with Gasteiger partial charge in [0, 0.05) is 67.0 Å². The molecule has 1 N–H and O–H groups in total. The number of hydrogen-bond donors (Lipinski definition) is 1. The van der Waals surface area contributed by atoms with Crippen molar-refractivity contribution in [2.75, 3.05) is 24.2 Å². The van der Waals surface area contributed by atoms with E-state index in [0.717, 1.165) is 48.2 Å². The lowest BCUT2D eigenvalue weighted by Crippen LogP contribution is -2.41. The van der Waals surface area contributed by atoms with Crippen LogP contribution in [0.1, 0.15) is 42.6 Å². The molecule has 0 saturated carbocycles. The second kappa shape index (κ2) is 7.31. The third-order valence-corrected chi connectivity index (χ3v) is 7.78. The number of nitrogens with one attached hydrogen (secondary N) is 1. The predicted octanol–water partition coefficient (Wildman–Crippen LogP) is 2.44. The average Bonchev–Trinajstić information content (AvgIpc) is 3.21. The van der Waals surface area contributed by atoms with Gasteiger partial charge in [-0.25, -0.2) is 27.7 Å². The molecule has 158 valence electrons. The first kappa shape index (κ1) is 19.4. The summed E-state index contributed by atoms with van der Waals surface area (Å²) in [5.41, 5.74) is 5.47. The number of aromatic amines is 1. The van der Waals surface area contributed by atoms with Gasteiger partial charge in [0.25, 0.3) is 0 Å². The summed E-state index contributed by atoms with van der Waals surface area (Å²) in [6.07, 6.45) is 9.19. The minimum Gasteiger partial charge on any atom is -0.363 e. The number of anilines is 1. The Balaban J connectivity index is 1.47. The van der Waals surface area contributed by atoms with Crippen molar-refractivity contribution in [3.8, 4) is 0 Å². The Morgan fingerprint density at radius 2 is 1.93 bits per heavy atom. The first-order chi connectivity index (χ1) is 14.4. The summed E-state index contributed by atoms with van der Waals surface area (Å²) in [7, 11) is -3.13. The van der Waals surface area contributed by atoms with E-state index >= 15 is 0 Å². The zero-order chi connectivity index (χ0) is 20.9. The number of aromatic nitrogens is 4. The number of hydrogen-bond acceptors (Lipinski definition) is 6. The highest BCUT2D eigenvalue weighted by Crippen LogP contribution is 2.36. The number of fused-ring (bicyclic) bond motifs is 2. The lowest BCUT2D eigenvalue weighted by molar-refractivity contribution is 0.317. The van der Waals surface area contributed by atoms with Crippen molar-refractivity contribution in [1.29, 1.82) is 0 Å². The maximum absolute atomic E-state index is 11.9. The maximum atomic E-state index is 11.9. The summed E-state index contributed by atoms with van der Waals surface area (Å²) < 4.78 is 25.3. The molecule has 2 aliphatic heterocycles. The molecule has 5 rings (SSSR count). The minimum absolute atomic E-state index is 0.264. The van der Waals surface area contributed by atoms with Crippen LogP contribution in [0.15, 0.2) is 30.9 Å². The van der Waals surface area contributed by atoms with Gasteiger partial charge >= 0.3 is 0 Å². The summed E-state index contributed by atoms with van der Waals surface area (Å²) in [4.78, 5) is 19.3. The Bertz CT molecular complexity index is 1180. The average molecular weight is 427 g/mol. The van der Waals surface area contributed by atoms with Crippen LogP contribution in [0.25, 0.3) is 11.0 Å². The number of pyridine rings is 1. The SMILES string of the molecule is C[C@H]1Cc2ncnc(C3CCN(S(C)(=O)=O)CC3)c2CN1c1ccnc2[nH]ccc12. The van der Waals surface area contributed by atoms with Gasteiger partial charge in [-0.1, -0.05) is 0 Å². The molecule has 1 atom stereocenters. The lowest BCUT2D eigenvalue weighted by atomic mass is 9.87. The topological polar surface area (TPSA) is 95.1 Å². The van der Waals surface area contributed by atoms with E-state index in [1.54, 1.807) is 10.6 Å². The van der Waals surface area contributed by atoms with Gasteiger partial charge in [-0.3, -0.25) is 0 Å². The van der Waals surface area contributed by atoms with E-state index in [1.807, 2.05) is 12.4 Å². The van der Waals surface area contributed by atoms with Gasteiger partial charge in [-0.2, -0.15) is 0 Å². The molecule has 1 fully saturated rings. The van der Waals surface area contributed by atoms with Gasteiger partial charge in [-0.15, -0.1) is 0 Å². The fourth-order valence-electron chi connectivity index (χ4n) is 4.86. The number of rotatable bonds is 3. The predicted molar refractivity (Wildman–Crippen MR) is 116 cm³/mol. The van der Waals surface area contributed by atoms with Crippen LogP contribution < -0.4 is 4.90 Å². The fraction of sp³-hybridized carbons (Fsp3) is 0.476. The molecule has 0 unspecified atom stereocenters. The van der Waals surface area contributed by atoms with Crippen molar-refractivity contribution in [2.24, 2.45) is 0 Å². The number of sulfonamides is 1. The normalized spacial score (nSPS) is 21.1. The third kappa shape index (κ3) is 3.35. The molecule has 0 aromatic carbocycles. The summed E-state index contributed by atoms with van der Waals surface area (Å²) >= 11 is 0. The number of H-pyrrole nitrogens is 1. The van der Waals surface area contributed by atoms with E-state index in [9.17, 15) is 8.42 Å². The molecule has 2 aliphatic rings. The van der Waals surface area contributed by atoms with Crippen LogP contribution in [0.4, 0.5) is 5.69 Å². The number of nitrogens with zero attached hydrogens (tertiary/aromatic N) is 5. The van der Waals surface area contributed by atoms with Crippen molar-refractivity contribution in [3.63, 3.8) is 0 Å². The van der Waals surface area contributed by atoms with Crippen LogP contribution in [0, 0.1) is 0 Å². The van der Waals surface area contributed by atoms with Crippen LogP contribution in [0.5, 0.6) is 0 Å². The molecule has 3 aromatic rings. The molecule has 8 nitrogen and oxygen atoms in total. The molecule has 0 spiro atoms. The Labute approximate surface area is 176 Å². The molecular formula is C21H26N6O2S. The summed E-state index contributed by atoms with van der Waals surface area (Å²) in [5.74, 6) is 0.264. The molecule has 0 aliphatic carbocycles. The second-order valence-electron chi connectivity index (χ2n) is 8.37. The molecule has 30 heavy (non-hydrogen) atoms. The Morgan fingerprint density at radius 1 is 1.13 bits per heavy atom. The third-order valence-electron chi connectivity index (χ3n) is 6.47. The molecule has 9 heteroatoms. The van der Waals surface area contributed by atoms with E-state index in [4.69, 9.17) is 0 Å². The van der Waals surface area contributed by atoms with Crippen molar-refractivity contribution in [3.05, 3.63) is 47.8 Å². The van der Waals surface area contributed by atoms with E-state index in [-0.39, 0.29) is 5.92 Å². The maximum Gasteiger partial charge on any atom is 0.211 e. The molecule has 0 bridgehead atoms. The van der Waals surface area contributed by atoms with E-state index in [0.29, 0.717) is 19.1 Å². The molecule has 0 radical (unpaired) electrons. The quantitative estimate of drug-likeness (QED) is 0.691. The zero-order valence-electron chi connectivity index (χ0n) is 17.2. The summed E-state index contributed by atoms with van der Waals surface area (Å²) in [5, 5.41) is 1.12. The van der Waals surface area contributed by atoms with Crippen molar-refractivity contribution in [1.82, 2.24) is 24.2 Å². The van der Waals surface area contributed by atoms with Crippen LogP contribution in [-0.4, -0.2) is 58.0 Å². The van der Waals surface area contributed by atoms with Gasteiger partial charge in [-0.05, 0) is 31.9 Å². The molecule has 5 heterocycles. The van der Waals surface area contributed by atoms with Crippen LogP contribution in [0.3, 0.4) is 0 Å². The van der Waals surface area contributed by atoms with Gasteiger partial charge in [0.05, 0.1) is 17.6 Å². The van der Waals surface area contributed by atoms with Gasteiger partial charge in [0.15, 0.2) is 0 Å². The van der Waals surface area contributed by atoms with E-state index in [1.165, 1.54) is 17.5 Å². The number of piperidine rings is 1. The first-order valence-electron chi connectivity index (χ1n) is 10.4. The van der Waals surface area contributed by atoms with Gasteiger partial charge in [0.1, 0.15) is 12.0 Å². The van der Waals surface area contributed by atoms with Gasteiger partial charge < -0.3 is 9.88 Å². The molecule has 3 aromatic heterocycles. The Kier molecular flexibility index (Phi) is 4.74. The highest BCUT2D eigenvalue weighted by atomic mass is 32.2. The minimum atomic E-state index is -3.13. The van der Waals surface area contributed by atoms with Crippen LogP contribution >= 0.6 is 0 Å². The summed E-state index contributed by atoms with van der Waals surface area (Å²) in [6, 6.07) is 4.46. The largest absolute Gasteiger partial charge is 0.363 e. The smallest absolute Gasteiger partial charge is 0.211 e. The second-order valence-corrected chi connectivity index (χ2v) is 10.4. The first-order valence-corrected chi connectivity index (χ1v) is 12.2. The van der Waals surface area contributed by atoms with Gasteiger partial charge in [0.2, 0.25) is 10.0 Å². The van der Waals surface area contributed by atoms with Crippen molar-refractivity contribution < 1.29 is 8.42 Å². The Hall–Kier alpha value is -2.52. The van der Waals surface area contributed by atoms with Crippen LogP contribution in [-0.2, 0) is 23.0 Å². The highest BCUT2D eigenvalue weighted by Gasteiger charge is 2.32. The zero-order valence-corrected chi connectivity index (χ0v) is 18.1. The van der Waals surface area contributed by atoms with Crippen LogP contribution in [0.2, 0.25) is 0 Å². The fourth-order valence-corrected chi connectivity index (χ4v) is 5.73. The van der Waals surface area contributed by atoms with Crippen molar-refractivity contribution in [2.45, 2.75) is 44.7 Å². The molecule has 1 saturated heterocycles. The standard InChI is InChI=1S/C21H26N6O2S/c1-14-11-18-17(12-27(14)19-4-8-23-21-16(19)3-7-22-21)20(25-13-24-18)15-5-9-26(10-6-15)30(2,28)29/h3-4,7-8,13-15H,5-6,9-12H2,1-2H3,(H,22,23)/t14-/m0/s1. The molecular weight excluding hydrogens is 400 g/mol. The van der Waals surface area contributed by atoms with Crippen molar-refractivity contribution >= 4 is 26.7 Å². The van der Waals surface area contributed by atoms with E-state index in [2.05, 4.69) is 43.9 Å². The van der Waals surface area contributed by atoms with E-state index < -0.39 is 10.0 Å². The molecule has 0 amide bonds. The summed E-state index contributed by atoms with van der Waals surface area (Å²) in [6.45, 7) is 4.09.